The van der Waals surface area contributed by atoms with Crippen molar-refractivity contribution in [3.63, 3.8) is 0 Å². The Hall–Kier alpha value is -2.38. The van der Waals surface area contributed by atoms with Gasteiger partial charge in [-0.05, 0) is 32.6 Å². The molecule has 4 heterocycles. The lowest BCUT2D eigenvalue weighted by Crippen LogP contribution is -2.41. The molecular formula is C17H24N6O2. The Bertz CT molecular complexity index is 827. The maximum Gasteiger partial charge on any atom is 0.347 e. The van der Waals surface area contributed by atoms with Gasteiger partial charge in [0.25, 0.3) is 0 Å². The van der Waals surface area contributed by atoms with E-state index in [-0.39, 0.29) is 11.6 Å². The molecule has 2 aromatic heterocycles. The number of carbonyl (C=O) groups is 1. The Morgan fingerprint density at radius 2 is 2.08 bits per heavy atom. The summed E-state index contributed by atoms with van der Waals surface area (Å²) in [6.07, 6.45) is 8.10. The van der Waals surface area contributed by atoms with Crippen molar-refractivity contribution in [3.05, 3.63) is 34.5 Å². The third-order valence-corrected chi connectivity index (χ3v) is 5.27. The zero-order chi connectivity index (χ0) is 17.4. The fourth-order valence-electron chi connectivity index (χ4n) is 3.93. The van der Waals surface area contributed by atoms with E-state index in [1.165, 1.54) is 4.68 Å². The van der Waals surface area contributed by atoms with Crippen LogP contribution in [0.1, 0.15) is 50.3 Å². The van der Waals surface area contributed by atoms with Crippen LogP contribution in [0, 0.1) is 0 Å². The van der Waals surface area contributed by atoms with Crippen LogP contribution in [0.4, 0.5) is 0 Å². The summed E-state index contributed by atoms with van der Waals surface area (Å²) in [6, 6.07) is -0.394. The maximum absolute atomic E-state index is 12.9. The number of nitrogens with zero attached hydrogens (tertiary/aromatic N) is 6. The van der Waals surface area contributed by atoms with Crippen LogP contribution < -0.4 is 5.69 Å². The Morgan fingerprint density at radius 1 is 1.28 bits per heavy atom. The molecule has 0 radical (unpaired) electrons. The maximum atomic E-state index is 12.9. The lowest BCUT2D eigenvalue weighted by atomic mass is 10.0. The first-order valence-corrected chi connectivity index (χ1v) is 9.16. The molecular weight excluding hydrogens is 320 g/mol. The predicted octanol–water partition coefficient (Wildman–Crippen LogP) is 0.809. The molecule has 8 nitrogen and oxygen atoms in total. The van der Waals surface area contributed by atoms with E-state index in [9.17, 15) is 9.59 Å². The first-order chi connectivity index (χ1) is 12.2. The van der Waals surface area contributed by atoms with Crippen molar-refractivity contribution in [1.29, 1.82) is 0 Å². The molecule has 0 N–H and O–H groups in total. The Labute approximate surface area is 146 Å². The number of likely N-dealkylation sites (tertiary alicyclic amines) is 1. The lowest BCUT2D eigenvalue weighted by Gasteiger charge is -2.27. The Balaban J connectivity index is 1.65. The molecule has 2 aromatic rings. The zero-order valence-corrected chi connectivity index (χ0v) is 14.6. The first-order valence-electron chi connectivity index (χ1n) is 9.16. The Morgan fingerprint density at radius 3 is 2.84 bits per heavy atom. The fraction of sp³-hybridized carbons (Fsp3) is 0.647. The van der Waals surface area contributed by atoms with Crippen LogP contribution in [0.3, 0.4) is 0 Å². The molecule has 134 valence electrons. The zero-order valence-electron chi connectivity index (χ0n) is 14.6. The Kier molecular flexibility index (Phi) is 4.19. The SMILES string of the molecule is CCn1ccnc1Cn1nc2n(c1=O)[C@@H](C(=O)N1CCCC1)CCC2. The molecule has 25 heavy (non-hydrogen) atoms. The summed E-state index contributed by atoms with van der Waals surface area (Å²) in [6.45, 7) is 4.79. The topological polar surface area (TPSA) is 78.0 Å². The second kappa shape index (κ2) is 6.50. The second-order valence-electron chi connectivity index (χ2n) is 6.80. The van der Waals surface area contributed by atoms with Gasteiger partial charge in [0.15, 0.2) is 0 Å². The standard InChI is InChI=1S/C17H24N6O2/c1-2-20-11-8-18-15(20)12-22-17(25)23-13(6-5-7-14(23)19-22)16(24)21-9-3-4-10-21/h8,11,13H,2-7,9-10,12H2,1H3/t13-/m1/s1. The number of hydrogen-bond acceptors (Lipinski definition) is 4. The summed E-state index contributed by atoms with van der Waals surface area (Å²) in [5, 5.41) is 4.50. The normalized spacial score (nSPS) is 20.0. The van der Waals surface area contributed by atoms with E-state index >= 15 is 0 Å². The number of aryl methyl sites for hydroxylation is 2. The van der Waals surface area contributed by atoms with E-state index in [4.69, 9.17) is 0 Å². The predicted molar refractivity (Wildman–Crippen MR) is 91.3 cm³/mol. The molecule has 1 fully saturated rings. The van der Waals surface area contributed by atoms with Crippen molar-refractivity contribution in [2.45, 2.75) is 58.2 Å². The average Bonchev–Trinajstić information content (AvgIpc) is 3.36. The molecule has 1 saturated heterocycles. The highest BCUT2D eigenvalue weighted by atomic mass is 16.2. The molecule has 0 aromatic carbocycles. The molecule has 0 saturated carbocycles. The molecule has 4 rings (SSSR count). The van der Waals surface area contributed by atoms with E-state index in [0.717, 1.165) is 63.4 Å². The highest BCUT2D eigenvalue weighted by Crippen LogP contribution is 2.25. The molecule has 2 aliphatic heterocycles. The minimum atomic E-state index is -0.394. The van der Waals surface area contributed by atoms with Crippen molar-refractivity contribution >= 4 is 5.91 Å². The number of aromatic nitrogens is 5. The molecule has 8 heteroatoms. The lowest BCUT2D eigenvalue weighted by molar-refractivity contribution is -0.134. The van der Waals surface area contributed by atoms with Gasteiger partial charge in [-0.2, -0.15) is 5.10 Å². The number of carbonyl (C=O) groups excluding carboxylic acids is 1. The number of fused-ring (bicyclic) bond motifs is 1. The quantitative estimate of drug-likeness (QED) is 0.822. The van der Waals surface area contributed by atoms with Crippen molar-refractivity contribution in [1.82, 2.24) is 28.8 Å². The van der Waals surface area contributed by atoms with Crippen LogP contribution in [-0.4, -0.2) is 47.8 Å². The van der Waals surface area contributed by atoms with Crippen LogP contribution in [0.5, 0.6) is 0 Å². The molecule has 1 amide bonds. The average molecular weight is 344 g/mol. The first kappa shape index (κ1) is 16.1. The summed E-state index contributed by atoms with van der Waals surface area (Å²) in [4.78, 5) is 32.0. The number of imidazole rings is 1. The molecule has 0 unspecified atom stereocenters. The summed E-state index contributed by atoms with van der Waals surface area (Å²) in [5.41, 5.74) is -0.196. The smallest absolute Gasteiger partial charge is 0.341 e. The van der Waals surface area contributed by atoms with Crippen LogP contribution >= 0.6 is 0 Å². The monoisotopic (exact) mass is 344 g/mol. The fourth-order valence-corrected chi connectivity index (χ4v) is 3.93. The van der Waals surface area contributed by atoms with E-state index in [1.807, 2.05) is 22.6 Å². The van der Waals surface area contributed by atoms with Gasteiger partial charge in [0.1, 0.15) is 24.2 Å². The minimum Gasteiger partial charge on any atom is -0.341 e. The molecule has 0 bridgehead atoms. The second-order valence-corrected chi connectivity index (χ2v) is 6.80. The number of amides is 1. The molecule has 0 aliphatic carbocycles. The van der Waals surface area contributed by atoms with Gasteiger partial charge in [0.05, 0.1) is 0 Å². The van der Waals surface area contributed by atoms with E-state index in [1.54, 1.807) is 10.8 Å². The van der Waals surface area contributed by atoms with Gasteiger partial charge in [-0.1, -0.05) is 0 Å². The number of hydrogen-bond donors (Lipinski definition) is 0. The van der Waals surface area contributed by atoms with Crippen LogP contribution in [0.15, 0.2) is 17.2 Å². The van der Waals surface area contributed by atoms with Gasteiger partial charge in [0.2, 0.25) is 5.91 Å². The van der Waals surface area contributed by atoms with Crippen LogP contribution in [0.2, 0.25) is 0 Å². The van der Waals surface area contributed by atoms with E-state index < -0.39 is 6.04 Å². The van der Waals surface area contributed by atoms with Gasteiger partial charge in [0, 0.05) is 38.4 Å². The third kappa shape index (κ3) is 2.79. The van der Waals surface area contributed by atoms with Crippen LogP contribution in [-0.2, 0) is 24.3 Å². The molecule has 0 spiro atoms. The highest BCUT2D eigenvalue weighted by molar-refractivity contribution is 5.80. The van der Waals surface area contributed by atoms with Crippen LogP contribution in [0.25, 0.3) is 0 Å². The van der Waals surface area contributed by atoms with Crippen molar-refractivity contribution in [2.75, 3.05) is 13.1 Å². The van der Waals surface area contributed by atoms with E-state index in [0.29, 0.717) is 6.54 Å². The van der Waals surface area contributed by atoms with Crippen molar-refractivity contribution < 1.29 is 4.79 Å². The highest BCUT2D eigenvalue weighted by Gasteiger charge is 2.34. The minimum absolute atomic E-state index is 0.0789. The van der Waals surface area contributed by atoms with Crippen molar-refractivity contribution in [3.8, 4) is 0 Å². The van der Waals surface area contributed by atoms with Gasteiger partial charge < -0.3 is 9.47 Å². The summed E-state index contributed by atoms with van der Waals surface area (Å²) < 4.78 is 5.08. The van der Waals surface area contributed by atoms with Crippen molar-refractivity contribution in [2.24, 2.45) is 0 Å². The molecule has 1 atom stereocenters. The van der Waals surface area contributed by atoms with Gasteiger partial charge in [-0.3, -0.25) is 9.36 Å². The van der Waals surface area contributed by atoms with Gasteiger partial charge >= 0.3 is 5.69 Å². The summed E-state index contributed by atoms with van der Waals surface area (Å²) in [5.74, 6) is 1.61. The van der Waals surface area contributed by atoms with E-state index in [2.05, 4.69) is 10.1 Å². The van der Waals surface area contributed by atoms with Gasteiger partial charge in [-0.15, -0.1) is 0 Å². The summed E-state index contributed by atoms with van der Waals surface area (Å²) >= 11 is 0. The largest absolute Gasteiger partial charge is 0.347 e. The summed E-state index contributed by atoms with van der Waals surface area (Å²) in [7, 11) is 0. The third-order valence-electron chi connectivity index (χ3n) is 5.27. The van der Waals surface area contributed by atoms with Gasteiger partial charge in [-0.25, -0.2) is 14.5 Å². The molecule has 2 aliphatic rings. The number of rotatable bonds is 4.